The van der Waals surface area contributed by atoms with E-state index in [1.807, 2.05) is 59.3 Å². The van der Waals surface area contributed by atoms with Crippen LogP contribution in [0.25, 0.3) is 5.69 Å². The number of halogens is 2. The first-order valence-electron chi connectivity index (χ1n) is 6.47. The Morgan fingerprint density at radius 2 is 1.81 bits per heavy atom. The van der Waals surface area contributed by atoms with Gasteiger partial charge in [0.25, 0.3) is 0 Å². The van der Waals surface area contributed by atoms with Gasteiger partial charge in [0, 0.05) is 10.7 Å². The summed E-state index contributed by atoms with van der Waals surface area (Å²) in [4.78, 5) is 0. The van der Waals surface area contributed by atoms with Crippen molar-refractivity contribution in [2.75, 3.05) is 0 Å². The summed E-state index contributed by atoms with van der Waals surface area (Å²) in [5, 5.41) is 5.00. The Kier molecular flexibility index (Phi) is 4.10. The Morgan fingerprint density at radius 1 is 1.05 bits per heavy atom. The lowest BCUT2D eigenvalue weighted by Gasteiger charge is -2.16. The van der Waals surface area contributed by atoms with E-state index in [4.69, 9.17) is 17.3 Å². The van der Waals surface area contributed by atoms with Crippen molar-refractivity contribution < 1.29 is 0 Å². The van der Waals surface area contributed by atoms with Gasteiger partial charge in [-0.15, -0.1) is 0 Å². The number of para-hydroxylation sites is 1. The molecule has 3 aromatic rings. The van der Waals surface area contributed by atoms with Gasteiger partial charge in [0.05, 0.1) is 22.4 Å². The molecule has 0 bridgehead atoms. The second-order valence-electron chi connectivity index (χ2n) is 4.62. The van der Waals surface area contributed by atoms with E-state index in [2.05, 4.69) is 21.0 Å². The van der Waals surface area contributed by atoms with Crippen LogP contribution in [0.5, 0.6) is 0 Å². The molecule has 0 saturated heterocycles. The van der Waals surface area contributed by atoms with Gasteiger partial charge in [0.1, 0.15) is 0 Å². The van der Waals surface area contributed by atoms with Gasteiger partial charge in [-0.05, 0) is 45.8 Å². The van der Waals surface area contributed by atoms with Crippen molar-refractivity contribution in [3.8, 4) is 5.69 Å². The van der Waals surface area contributed by atoms with Crippen molar-refractivity contribution in [3.05, 3.63) is 81.5 Å². The third kappa shape index (κ3) is 2.75. The van der Waals surface area contributed by atoms with Crippen molar-refractivity contribution in [3.63, 3.8) is 0 Å². The maximum atomic E-state index is 6.40. The molecule has 21 heavy (non-hydrogen) atoms. The standard InChI is InChI=1S/C16H13BrClN3/c17-13-8-4-7-12(15(13)18)16(19)14-9-10-20-21(14)11-5-2-1-3-6-11/h1-10,16H,19H2. The predicted molar refractivity (Wildman–Crippen MR) is 88.7 cm³/mol. The highest BCUT2D eigenvalue weighted by Gasteiger charge is 2.18. The fourth-order valence-corrected chi connectivity index (χ4v) is 2.88. The molecule has 2 N–H and O–H groups in total. The summed E-state index contributed by atoms with van der Waals surface area (Å²) in [5.74, 6) is 0. The van der Waals surface area contributed by atoms with Crippen LogP contribution in [0.3, 0.4) is 0 Å². The molecule has 0 aliphatic carbocycles. The minimum atomic E-state index is -0.349. The lowest BCUT2D eigenvalue weighted by molar-refractivity contribution is 0.739. The average molecular weight is 363 g/mol. The fourth-order valence-electron chi connectivity index (χ4n) is 2.25. The van der Waals surface area contributed by atoms with Gasteiger partial charge in [0.15, 0.2) is 0 Å². The lowest BCUT2D eigenvalue weighted by atomic mass is 10.0. The van der Waals surface area contributed by atoms with Crippen molar-refractivity contribution in [2.24, 2.45) is 5.73 Å². The summed E-state index contributed by atoms with van der Waals surface area (Å²) in [6.07, 6.45) is 1.74. The molecule has 5 heteroatoms. The van der Waals surface area contributed by atoms with Crippen molar-refractivity contribution in [1.82, 2.24) is 9.78 Å². The Hall–Kier alpha value is -1.62. The predicted octanol–water partition coefficient (Wildman–Crippen LogP) is 4.34. The highest BCUT2D eigenvalue weighted by molar-refractivity contribution is 9.10. The molecule has 0 spiro atoms. The second kappa shape index (κ2) is 6.02. The first-order chi connectivity index (χ1) is 10.2. The Morgan fingerprint density at radius 3 is 2.57 bits per heavy atom. The normalized spacial score (nSPS) is 12.3. The number of aromatic nitrogens is 2. The molecule has 0 radical (unpaired) electrons. The van der Waals surface area contributed by atoms with Crippen LogP contribution in [0, 0.1) is 0 Å². The van der Waals surface area contributed by atoms with Crippen LogP contribution in [0.2, 0.25) is 5.02 Å². The lowest BCUT2D eigenvalue weighted by Crippen LogP contribution is -2.17. The Labute approximate surface area is 136 Å². The molecule has 0 fully saturated rings. The highest BCUT2D eigenvalue weighted by Crippen LogP contribution is 2.32. The number of benzene rings is 2. The van der Waals surface area contributed by atoms with Crippen molar-refractivity contribution in [2.45, 2.75) is 6.04 Å². The zero-order valence-electron chi connectivity index (χ0n) is 11.1. The summed E-state index contributed by atoms with van der Waals surface area (Å²) in [7, 11) is 0. The maximum absolute atomic E-state index is 6.40. The third-order valence-electron chi connectivity index (χ3n) is 3.31. The summed E-state index contributed by atoms with van der Waals surface area (Å²) < 4.78 is 2.67. The molecule has 1 atom stereocenters. The van der Waals surface area contributed by atoms with E-state index in [1.165, 1.54) is 0 Å². The van der Waals surface area contributed by atoms with Gasteiger partial charge in [-0.2, -0.15) is 5.10 Å². The van der Waals surface area contributed by atoms with E-state index < -0.39 is 0 Å². The van der Waals surface area contributed by atoms with Gasteiger partial charge in [-0.25, -0.2) is 4.68 Å². The van der Waals surface area contributed by atoms with E-state index in [9.17, 15) is 0 Å². The average Bonchev–Trinajstić information content (AvgIpc) is 3.00. The maximum Gasteiger partial charge on any atom is 0.0742 e. The van der Waals surface area contributed by atoms with Crippen LogP contribution >= 0.6 is 27.5 Å². The molecular formula is C16H13BrClN3. The molecule has 1 unspecified atom stereocenters. The minimum Gasteiger partial charge on any atom is -0.319 e. The SMILES string of the molecule is NC(c1cccc(Br)c1Cl)c1ccnn1-c1ccccc1. The molecule has 1 heterocycles. The molecule has 0 saturated carbocycles. The van der Waals surface area contributed by atoms with E-state index in [-0.39, 0.29) is 6.04 Å². The summed E-state index contributed by atoms with van der Waals surface area (Å²) in [6.45, 7) is 0. The van der Waals surface area contributed by atoms with E-state index >= 15 is 0 Å². The molecule has 0 aliphatic rings. The first-order valence-corrected chi connectivity index (χ1v) is 7.64. The van der Waals surface area contributed by atoms with Gasteiger partial charge >= 0.3 is 0 Å². The van der Waals surface area contributed by atoms with Crippen molar-refractivity contribution in [1.29, 1.82) is 0 Å². The zero-order chi connectivity index (χ0) is 14.8. The van der Waals surface area contributed by atoms with Crippen molar-refractivity contribution >= 4 is 27.5 Å². The number of rotatable bonds is 3. The molecule has 2 aromatic carbocycles. The first kappa shape index (κ1) is 14.3. The van der Waals surface area contributed by atoms with E-state index in [0.717, 1.165) is 21.4 Å². The van der Waals surface area contributed by atoms with Gasteiger partial charge in [-0.1, -0.05) is 41.9 Å². The van der Waals surface area contributed by atoms with Crippen LogP contribution in [-0.2, 0) is 0 Å². The molecule has 3 rings (SSSR count). The summed E-state index contributed by atoms with van der Waals surface area (Å²) in [6, 6.07) is 17.2. The largest absolute Gasteiger partial charge is 0.319 e. The van der Waals surface area contributed by atoms with Gasteiger partial charge in [-0.3, -0.25) is 0 Å². The molecule has 0 aliphatic heterocycles. The van der Waals surface area contributed by atoms with Crippen LogP contribution < -0.4 is 5.73 Å². The van der Waals surface area contributed by atoms with Crippen LogP contribution in [0.1, 0.15) is 17.3 Å². The smallest absolute Gasteiger partial charge is 0.0742 e. The minimum absolute atomic E-state index is 0.349. The monoisotopic (exact) mass is 361 g/mol. The quantitative estimate of drug-likeness (QED) is 0.753. The molecule has 0 amide bonds. The zero-order valence-corrected chi connectivity index (χ0v) is 13.4. The number of nitrogens with two attached hydrogens (primary N) is 1. The van der Waals surface area contributed by atoms with E-state index in [1.54, 1.807) is 6.20 Å². The molecule has 106 valence electrons. The molecular weight excluding hydrogens is 350 g/mol. The van der Waals surface area contributed by atoms with Crippen LogP contribution in [-0.4, -0.2) is 9.78 Å². The van der Waals surface area contributed by atoms with Gasteiger partial charge in [0.2, 0.25) is 0 Å². The number of hydrogen-bond acceptors (Lipinski definition) is 2. The number of nitrogens with zero attached hydrogens (tertiary/aromatic N) is 2. The molecule has 3 nitrogen and oxygen atoms in total. The van der Waals surface area contributed by atoms with Gasteiger partial charge < -0.3 is 5.73 Å². The van der Waals surface area contributed by atoms with E-state index in [0.29, 0.717) is 5.02 Å². The fraction of sp³-hybridized carbons (Fsp3) is 0.0625. The highest BCUT2D eigenvalue weighted by atomic mass is 79.9. The summed E-state index contributed by atoms with van der Waals surface area (Å²) in [5.41, 5.74) is 9.13. The van der Waals surface area contributed by atoms with Crippen LogP contribution in [0.15, 0.2) is 65.3 Å². The van der Waals surface area contributed by atoms with Crippen LogP contribution in [0.4, 0.5) is 0 Å². The Balaban J connectivity index is 2.06. The Bertz CT molecular complexity index is 755. The molecule has 1 aromatic heterocycles. The second-order valence-corrected chi connectivity index (χ2v) is 5.86. The summed E-state index contributed by atoms with van der Waals surface area (Å²) >= 11 is 9.78. The topological polar surface area (TPSA) is 43.8 Å². The third-order valence-corrected chi connectivity index (χ3v) is 4.62. The number of hydrogen-bond donors (Lipinski definition) is 1.